The van der Waals surface area contributed by atoms with Crippen LogP contribution in [-0.2, 0) is 9.53 Å². The van der Waals surface area contributed by atoms with E-state index in [0.717, 1.165) is 27.4 Å². The summed E-state index contributed by atoms with van der Waals surface area (Å²) in [7, 11) is 0. The molecule has 25 heavy (non-hydrogen) atoms. The smallest absolute Gasteiger partial charge is 0.303 e. The first-order valence-corrected chi connectivity index (χ1v) is 9.08. The third-order valence-corrected chi connectivity index (χ3v) is 4.59. The van der Waals surface area contributed by atoms with Crippen LogP contribution in [0.4, 0.5) is 0 Å². The molecular weight excluding hydrogens is 356 g/mol. The van der Waals surface area contributed by atoms with Gasteiger partial charge in [0.15, 0.2) is 5.15 Å². The molecule has 4 nitrogen and oxygen atoms in total. The Morgan fingerprint density at radius 3 is 2.64 bits per heavy atom. The summed E-state index contributed by atoms with van der Waals surface area (Å²) >= 11 is 7.62. The lowest BCUT2D eigenvalue weighted by Gasteiger charge is -2.09. The number of carbonyl (C=O) groups is 1. The second kappa shape index (κ2) is 7.76. The molecule has 0 saturated carbocycles. The molecule has 128 valence electrons. The molecule has 0 aliphatic carbocycles. The zero-order valence-corrected chi connectivity index (χ0v) is 15.5. The van der Waals surface area contributed by atoms with Crippen LogP contribution in [0.25, 0.3) is 16.9 Å². The van der Waals surface area contributed by atoms with E-state index in [0.29, 0.717) is 11.1 Å². The highest BCUT2D eigenvalue weighted by atomic mass is 35.5. The van der Waals surface area contributed by atoms with Gasteiger partial charge in [0.25, 0.3) is 0 Å². The van der Waals surface area contributed by atoms with Gasteiger partial charge in [-0.1, -0.05) is 47.6 Å². The van der Waals surface area contributed by atoms with Crippen LogP contribution in [0.15, 0.2) is 59.5 Å². The van der Waals surface area contributed by atoms with Gasteiger partial charge in [0, 0.05) is 23.4 Å². The van der Waals surface area contributed by atoms with Crippen LogP contribution in [0.1, 0.15) is 12.5 Å². The van der Waals surface area contributed by atoms with E-state index in [1.54, 1.807) is 0 Å². The van der Waals surface area contributed by atoms with E-state index in [9.17, 15) is 4.79 Å². The number of aromatic nitrogens is 2. The van der Waals surface area contributed by atoms with Crippen molar-refractivity contribution >= 4 is 29.3 Å². The summed E-state index contributed by atoms with van der Waals surface area (Å²) in [6.07, 6.45) is 0. The first-order chi connectivity index (χ1) is 12.0. The number of carbonyl (C=O) groups excluding carboxylic acids is 1. The van der Waals surface area contributed by atoms with Crippen LogP contribution in [0, 0.1) is 6.92 Å². The minimum absolute atomic E-state index is 0.277. The Morgan fingerprint density at radius 2 is 1.96 bits per heavy atom. The van der Waals surface area contributed by atoms with Gasteiger partial charge in [-0.05, 0) is 36.8 Å². The fraction of sp³-hybridized carbons (Fsp3) is 0.158. The van der Waals surface area contributed by atoms with E-state index in [1.807, 2.05) is 60.1 Å². The zero-order chi connectivity index (χ0) is 17.8. The van der Waals surface area contributed by atoms with Gasteiger partial charge in [-0.3, -0.25) is 4.79 Å². The number of rotatable bonds is 5. The SMILES string of the molecule is CC(=O)OCSc1ccc(-c2cc(Cl)nn2-c2cccc(C)c2)cc1. The Balaban J connectivity index is 1.86. The first-order valence-electron chi connectivity index (χ1n) is 7.72. The van der Waals surface area contributed by atoms with Crippen molar-refractivity contribution in [1.29, 1.82) is 0 Å². The van der Waals surface area contributed by atoms with Crippen molar-refractivity contribution in [1.82, 2.24) is 9.78 Å². The summed E-state index contributed by atoms with van der Waals surface area (Å²) in [5.74, 6) is 0.0303. The number of halogens is 1. The van der Waals surface area contributed by atoms with E-state index in [4.69, 9.17) is 16.3 Å². The molecule has 2 aromatic carbocycles. The number of ether oxygens (including phenoxy) is 1. The van der Waals surface area contributed by atoms with Gasteiger partial charge in [-0.25, -0.2) is 4.68 Å². The summed E-state index contributed by atoms with van der Waals surface area (Å²) in [6.45, 7) is 3.45. The molecule has 3 aromatic rings. The Morgan fingerprint density at radius 1 is 1.20 bits per heavy atom. The lowest BCUT2D eigenvalue weighted by atomic mass is 10.1. The summed E-state index contributed by atoms with van der Waals surface area (Å²) in [4.78, 5) is 11.8. The van der Waals surface area contributed by atoms with Crippen molar-refractivity contribution in [2.24, 2.45) is 0 Å². The third-order valence-electron chi connectivity index (χ3n) is 3.56. The normalized spacial score (nSPS) is 10.7. The second-order valence-electron chi connectivity index (χ2n) is 5.53. The van der Waals surface area contributed by atoms with Gasteiger partial charge >= 0.3 is 5.97 Å². The topological polar surface area (TPSA) is 44.1 Å². The second-order valence-corrected chi connectivity index (χ2v) is 6.91. The van der Waals surface area contributed by atoms with Crippen molar-refractivity contribution in [3.05, 3.63) is 65.3 Å². The summed E-state index contributed by atoms with van der Waals surface area (Å²) < 4.78 is 6.79. The van der Waals surface area contributed by atoms with Crippen molar-refractivity contribution in [3.63, 3.8) is 0 Å². The summed E-state index contributed by atoms with van der Waals surface area (Å²) in [5.41, 5.74) is 4.06. The quantitative estimate of drug-likeness (QED) is 0.354. The molecule has 0 saturated heterocycles. The standard InChI is InChI=1S/C19H17ClN2O2S/c1-13-4-3-5-16(10-13)22-18(11-19(20)21-22)15-6-8-17(9-7-15)25-12-24-14(2)23/h3-11H,12H2,1-2H3. The predicted octanol–water partition coefficient (Wildman–Crippen LogP) is 5.11. The largest absolute Gasteiger partial charge is 0.454 e. The average Bonchev–Trinajstić information content (AvgIpc) is 2.97. The zero-order valence-electron chi connectivity index (χ0n) is 13.9. The molecule has 0 atom stereocenters. The third kappa shape index (κ3) is 4.44. The molecule has 0 aliphatic heterocycles. The van der Waals surface area contributed by atoms with E-state index in [-0.39, 0.29) is 5.97 Å². The maximum Gasteiger partial charge on any atom is 0.303 e. The number of hydrogen-bond donors (Lipinski definition) is 0. The van der Waals surface area contributed by atoms with Gasteiger partial charge in [0.05, 0.1) is 11.4 Å². The van der Waals surface area contributed by atoms with E-state index < -0.39 is 0 Å². The number of aryl methyl sites for hydroxylation is 1. The Kier molecular flexibility index (Phi) is 5.46. The van der Waals surface area contributed by atoms with Crippen LogP contribution >= 0.6 is 23.4 Å². The molecule has 0 bridgehead atoms. The van der Waals surface area contributed by atoms with Crippen molar-refractivity contribution < 1.29 is 9.53 Å². The van der Waals surface area contributed by atoms with Gasteiger partial charge in [-0.2, -0.15) is 5.10 Å². The molecule has 6 heteroatoms. The highest BCUT2D eigenvalue weighted by Gasteiger charge is 2.11. The number of hydrogen-bond acceptors (Lipinski definition) is 4. The molecule has 1 aromatic heterocycles. The van der Waals surface area contributed by atoms with Gasteiger partial charge in [0.2, 0.25) is 0 Å². The van der Waals surface area contributed by atoms with Crippen LogP contribution in [0.5, 0.6) is 0 Å². The lowest BCUT2D eigenvalue weighted by molar-refractivity contribution is -0.138. The average molecular weight is 373 g/mol. The Hall–Kier alpha value is -2.24. The molecule has 3 rings (SSSR count). The molecule has 0 unspecified atom stereocenters. The number of thioether (sulfide) groups is 1. The molecule has 0 N–H and O–H groups in total. The van der Waals surface area contributed by atoms with E-state index in [2.05, 4.69) is 11.2 Å². The molecular formula is C19H17ClN2O2S. The monoisotopic (exact) mass is 372 g/mol. The molecule has 1 heterocycles. The molecule has 0 fully saturated rings. The van der Waals surface area contributed by atoms with Crippen LogP contribution in [-0.4, -0.2) is 21.7 Å². The van der Waals surface area contributed by atoms with Gasteiger partial charge in [-0.15, -0.1) is 0 Å². The number of nitrogens with zero attached hydrogens (tertiary/aromatic N) is 2. The number of benzene rings is 2. The Bertz CT molecular complexity index is 891. The minimum atomic E-state index is -0.277. The van der Waals surface area contributed by atoms with E-state index in [1.165, 1.54) is 18.7 Å². The van der Waals surface area contributed by atoms with Crippen LogP contribution < -0.4 is 0 Å². The van der Waals surface area contributed by atoms with Crippen LogP contribution in [0.2, 0.25) is 5.15 Å². The van der Waals surface area contributed by atoms with Gasteiger partial charge in [0.1, 0.15) is 5.94 Å². The van der Waals surface area contributed by atoms with Crippen molar-refractivity contribution in [2.45, 2.75) is 18.7 Å². The van der Waals surface area contributed by atoms with E-state index >= 15 is 0 Å². The molecule has 0 spiro atoms. The fourth-order valence-corrected chi connectivity index (χ4v) is 3.29. The van der Waals surface area contributed by atoms with Crippen molar-refractivity contribution in [3.8, 4) is 16.9 Å². The maximum absolute atomic E-state index is 10.8. The minimum Gasteiger partial charge on any atom is -0.454 e. The maximum atomic E-state index is 10.8. The summed E-state index contributed by atoms with van der Waals surface area (Å²) in [6, 6.07) is 18.0. The predicted molar refractivity (Wildman–Crippen MR) is 101 cm³/mol. The highest BCUT2D eigenvalue weighted by molar-refractivity contribution is 7.99. The van der Waals surface area contributed by atoms with Gasteiger partial charge < -0.3 is 4.74 Å². The molecule has 0 amide bonds. The van der Waals surface area contributed by atoms with Crippen molar-refractivity contribution in [2.75, 3.05) is 5.94 Å². The highest BCUT2D eigenvalue weighted by Crippen LogP contribution is 2.28. The summed E-state index contributed by atoms with van der Waals surface area (Å²) in [5, 5.41) is 4.86. The lowest BCUT2D eigenvalue weighted by Crippen LogP contribution is -1.99. The van der Waals surface area contributed by atoms with Crippen LogP contribution in [0.3, 0.4) is 0 Å². The fourth-order valence-electron chi connectivity index (χ4n) is 2.42. The number of esters is 1. The molecule has 0 radical (unpaired) electrons. The first kappa shape index (κ1) is 17.6. The Labute approximate surface area is 155 Å². The molecule has 0 aliphatic rings.